The van der Waals surface area contributed by atoms with E-state index in [4.69, 9.17) is 11.5 Å². The van der Waals surface area contributed by atoms with Gasteiger partial charge in [-0.05, 0) is 114 Å². The molecule has 18 nitrogen and oxygen atoms in total. The molecule has 6 aliphatic rings. The van der Waals surface area contributed by atoms with Gasteiger partial charge in [0.1, 0.15) is 11.5 Å². The van der Waals surface area contributed by atoms with E-state index in [9.17, 15) is 68.4 Å². The van der Waals surface area contributed by atoms with Crippen molar-refractivity contribution in [2.24, 2.45) is 58.8 Å². The number of carbonyl (C=O) groups is 10. The highest BCUT2D eigenvalue weighted by atomic mass is 16.3. The summed E-state index contributed by atoms with van der Waals surface area (Å²) < 4.78 is 0. The highest BCUT2D eigenvalue weighted by molar-refractivity contribution is 6.33. The second kappa shape index (κ2) is 17.1. The lowest BCUT2D eigenvalue weighted by Gasteiger charge is -2.52. The first kappa shape index (κ1) is 47.8. The molecule has 0 aromatic heterocycles. The number of primary amides is 2. The highest BCUT2D eigenvalue weighted by Crippen LogP contribution is 2.53. The van der Waals surface area contributed by atoms with Crippen LogP contribution in [0, 0.1) is 71.0 Å². The first-order valence-corrected chi connectivity index (χ1v) is 22.4. The van der Waals surface area contributed by atoms with Crippen molar-refractivity contribution in [1.82, 2.24) is 9.80 Å². The Balaban J connectivity index is 0.960. The zero-order valence-electron chi connectivity index (χ0n) is 37.7. The number of Topliss-reactive ketones (excluding diaryl/α,β-unsaturated/α-hetero) is 8. The average Bonchev–Trinajstić information content (AvgIpc) is 3.25. The number of aliphatic hydroxyl groups is 2. The molecule has 0 bridgehead atoms. The molecule has 6 aliphatic carbocycles. The number of ketones is 8. The van der Waals surface area contributed by atoms with Crippen molar-refractivity contribution in [2.75, 3.05) is 28.2 Å². The van der Waals surface area contributed by atoms with E-state index < -0.39 is 140 Å². The minimum Gasteiger partial charge on any atom is -0.507 e. The zero-order chi connectivity index (χ0) is 49.6. The molecule has 4 fully saturated rings. The third-order valence-corrected chi connectivity index (χ3v) is 15.2. The molecule has 18 heteroatoms. The quantitative estimate of drug-likeness (QED) is 0.110. The minimum absolute atomic E-state index is 0.0697. The molecule has 8 N–H and O–H groups in total. The van der Waals surface area contributed by atoms with Gasteiger partial charge < -0.3 is 31.9 Å². The molecule has 354 valence electrons. The van der Waals surface area contributed by atoms with Gasteiger partial charge in [-0.25, -0.2) is 0 Å². The summed E-state index contributed by atoms with van der Waals surface area (Å²) in [5, 5.41) is 45.3. The van der Waals surface area contributed by atoms with Gasteiger partial charge in [0.15, 0.2) is 69.3 Å². The Hall–Kier alpha value is -6.70. The molecule has 0 spiro atoms. The van der Waals surface area contributed by atoms with Crippen LogP contribution in [0.4, 0.5) is 0 Å². The lowest BCUT2D eigenvalue weighted by atomic mass is 9.52. The standard InChI is InChI=1S/C50H50N4O14/c1-53(2)37-27-19-23-17-25-21(13-15-29(55)33(25)39(57)31(23)43(61)49(27,67)45(63)35(41(37)59)47(51)65)11-9-7-5-6-8-10-12-22-14-16-30(56)34-26(22)18-24-20-28-38(54(3)4)42(60)36(48(52)66)46(64)50(28,68)44(62)32(24)40(34)58/h13-16,23-24,27-28,31-32,35-38,55-56,67-68H,5-8,17-20H2,1-4H3,(H2,51,65)(H2,52,66)/t23?,24?,27?,28?,31?,32?,35?,36?,37-,38-,49-,50-/m0/s1. The number of hydrogen-bond acceptors (Lipinski definition) is 16. The third-order valence-electron chi connectivity index (χ3n) is 15.2. The van der Waals surface area contributed by atoms with Gasteiger partial charge in [0.05, 0.1) is 35.0 Å². The molecular weight excluding hydrogens is 881 g/mol. The molecule has 0 radical (unpaired) electrons. The van der Waals surface area contributed by atoms with Crippen LogP contribution in [-0.2, 0) is 51.2 Å². The monoisotopic (exact) mass is 930 g/mol. The molecule has 2 amide bonds. The van der Waals surface area contributed by atoms with Gasteiger partial charge in [-0.1, -0.05) is 23.7 Å². The van der Waals surface area contributed by atoms with E-state index in [1.807, 2.05) is 0 Å². The number of phenols is 2. The summed E-state index contributed by atoms with van der Waals surface area (Å²) in [4.78, 5) is 137. The van der Waals surface area contributed by atoms with Crippen LogP contribution < -0.4 is 11.5 Å². The van der Waals surface area contributed by atoms with E-state index >= 15 is 0 Å². The number of carbonyl (C=O) groups excluding carboxylic acids is 10. The van der Waals surface area contributed by atoms with Gasteiger partial charge in [-0.2, -0.15) is 0 Å². The van der Waals surface area contributed by atoms with Crippen LogP contribution in [-0.4, -0.2) is 140 Å². The third kappa shape index (κ3) is 6.95. The van der Waals surface area contributed by atoms with Crippen LogP contribution in [0.2, 0.25) is 0 Å². The number of nitrogens with zero attached hydrogens (tertiary/aromatic N) is 2. The molecule has 4 saturated carbocycles. The summed E-state index contributed by atoms with van der Waals surface area (Å²) in [6.45, 7) is 0. The molecule has 68 heavy (non-hydrogen) atoms. The molecule has 2 aromatic rings. The predicted octanol–water partition coefficient (Wildman–Crippen LogP) is -0.989. The number of amides is 2. The molecular formula is C50H50N4O14. The largest absolute Gasteiger partial charge is 0.507 e. The van der Waals surface area contributed by atoms with E-state index in [2.05, 4.69) is 23.7 Å². The topological polar surface area (TPSA) is 310 Å². The Morgan fingerprint density at radius 1 is 0.603 bits per heavy atom. The van der Waals surface area contributed by atoms with Crippen LogP contribution in [0.25, 0.3) is 0 Å². The number of hydrogen-bond donors (Lipinski definition) is 6. The van der Waals surface area contributed by atoms with Gasteiger partial charge in [0.2, 0.25) is 11.8 Å². The molecule has 12 atom stereocenters. The van der Waals surface area contributed by atoms with Crippen molar-refractivity contribution in [3.8, 4) is 35.2 Å². The van der Waals surface area contributed by atoms with Gasteiger partial charge in [0.25, 0.3) is 0 Å². The van der Waals surface area contributed by atoms with E-state index in [1.165, 1.54) is 50.1 Å². The van der Waals surface area contributed by atoms with Crippen LogP contribution in [0.5, 0.6) is 11.5 Å². The Bertz CT molecular complexity index is 2640. The summed E-state index contributed by atoms with van der Waals surface area (Å²) in [6, 6.07) is 3.21. The normalized spacial score (nSPS) is 32.7. The van der Waals surface area contributed by atoms with E-state index in [1.54, 1.807) is 12.1 Å². The summed E-state index contributed by atoms with van der Waals surface area (Å²) in [7, 11) is 6.04. The maximum atomic E-state index is 14.1. The van der Waals surface area contributed by atoms with Crippen LogP contribution in [0.1, 0.15) is 81.5 Å². The summed E-state index contributed by atoms with van der Waals surface area (Å²) in [6.07, 6.45) is 1.92. The molecule has 0 heterocycles. The lowest BCUT2D eigenvalue weighted by Crippen LogP contribution is -2.74. The molecule has 2 aromatic carbocycles. The first-order chi connectivity index (χ1) is 32.0. The van der Waals surface area contributed by atoms with Crippen molar-refractivity contribution in [3.63, 3.8) is 0 Å². The Kier molecular flexibility index (Phi) is 12.0. The molecule has 8 unspecified atom stereocenters. The van der Waals surface area contributed by atoms with Crippen LogP contribution >= 0.6 is 0 Å². The number of aromatic hydroxyl groups is 2. The van der Waals surface area contributed by atoms with Crippen molar-refractivity contribution in [2.45, 2.75) is 74.7 Å². The van der Waals surface area contributed by atoms with Gasteiger partial charge in [0, 0.05) is 35.8 Å². The second-order valence-electron chi connectivity index (χ2n) is 19.4. The summed E-state index contributed by atoms with van der Waals surface area (Å²) in [5.74, 6) is -10.6. The fourth-order valence-corrected chi connectivity index (χ4v) is 12.2. The Labute approximate surface area is 389 Å². The number of fused-ring (bicyclic) bond motifs is 6. The number of rotatable bonds is 7. The Morgan fingerprint density at radius 3 is 1.28 bits per heavy atom. The molecule has 8 rings (SSSR count). The number of nitrogens with two attached hydrogens (primary N) is 2. The predicted molar refractivity (Wildman–Crippen MR) is 235 cm³/mol. The number of phenolic OH excluding ortho intramolecular Hbond substituents is 2. The Morgan fingerprint density at radius 2 is 0.956 bits per heavy atom. The average molecular weight is 931 g/mol. The summed E-state index contributed by atoms with van der Waals surface area (Å²) >= 11 is 0. The van der Waals surface area contributed by atoms with Gasteiger partial charge >= 0.3 is 0 Å². The van der Waals surface area contributed by atoms with Crippen LogP contribution in [0.15, 0.2) is 24.3 Å². The second-order valence-corrected chi connectivity index (χ2v) is 19.4. The fourth-order valence-electron chi connectivity index (χ4n) is 12.2. The van der Waals surface area contributed by atoms with Crippen LogP contribution in [0.3, 0.4) is 0 Å². The minimum atomic E-state index is -2.83. The van der Waals surface area contributed by atoms with E-state index in [-0.39, 0.29) is 36.8 Å². The summed E-state index contributed by atoms with van der Waals surface area (Å²) in [5.41, 5.74) is 6.46. The smallest absolute Gasteiger partial charge is 0.235 e. The number of unbranched alkanes of at least 4 members (excludes halogenated alkanes) is 3. The first-order valence-electron chi connectivity index (χ1n) is 22.4. The number of likely N-dealkylation sites (N-methyl/N-ethyl adjacent to an activating group) is 2. The van der Waals surface area contributed by atoms with Gasteiger partial charge in [-0.3, -0.25) is 57.7 Å². The SMILES string of the molecule is CN(C)[C@@H]1C(=O)C(C(N)=O)C(=O)[C@@]2(O)C(=O)C3C(=O)c4c(O)ccc(C#CCCCCC#Cc5ccc(O)c6c5CC5CC7[C@H](N(C)C)C(=O)C(C(N)=O)C(=O)[C@@]7(O)C(=O)C5C6=O)c4CC3CC12. The van der Waals surface area contributed by atoms with Gasteiger partial charge in [-0.15, -0.1) is 0 Å². The van der Waals surface area contributed by atoms with E-state index in [0.29, 0.717) is 47.9 Å². The van der Waals surface area contributed by atoms with Crippen molar-refractivity contribution in [1.29, 1.82) is 0 Å². The van der Waals surface area contributed by atoms with Crippen molar-refractivity contribution in [3.05, 3.63) is 57.6 Å². The fraction of sp³-hybridized carbons (Fsp3) is 0.480. The number of benzene rings is 2. The van der Waals surface area contributed by atoms with Crippen molar-refractivity contribution < 1.29 is 68.4 Å². The molecule has 0 aliphatic heterocycles. The van der Waals surface area contributed by atoms with E-state index in [0.717, 1.165) is 0 Å². The molecule has 0 saturated heterocycles. The maximum Gasteiger partial charge on any atom is 0.235 e. The lowest BCUT2D eigenvalue weighted by molar-refractivity contribution is -0.183. The van der Waals surface area contributed by atoms with Crippen molar-refractivity contribution >= 4 is 58.1 Å². The maximum absolute atomic E-state index is 14.1. The zero-order valence-corrected chi connectivity index (χ0v) is 37.7. The highest BCUT2D eigenvalue weighted by Gasteiger charge is 2.71.